The topological polar surface area (TPSA) is 105 Å². The number of nitrogens with zero attached hydrogens (tertiary/aromatic N) is 3. The second-order valence-electron chi connectivity index (χ2n) is 7.43. The number of hydroxylamine groups is 2. The van der Waals surface area contributed by atoms with Gasteiger partial charge in [-0.25, -0.2) is 9.18 Å². The van der Waals surface area contributed by atoms with Gasteiger partial charge in [-0.3, -0.25) is 9.69 Å². The van der Waals surface area contributed by atoms with E-state index in [4.69, 9.17) is 10.00 Å². The zero-order valence-corrected chi connectivity index (χ0v) is 14.7. The first kappa shape index (κ1) is 17.7. The van der Waals surface area contributed by atoms with E-state index in [0.717, 1.165) is 0 Å². The Morgan fingerprint density at radius 3 is 2.78 bits per heavy atom. The fraction of sp³-hybridized carbons (Fsp3) is 0.500. The molecule has 2 heterocycles. The van der Waals surface area contributed by atoms with Gasteiger partial charge in [-0.05, 0) is 6.07 Å². The summed E-state index contributed by atoms with van der Waals surface area (Å²) in [5.41, 5.74) is 0.336. The van der Waals surface area contributed by atoms with Gasteiger partial charge in [0.1, 0.15) is 6.10 Å². The number of halogens is 1. The third kappa shape index (κ3) is 3.01. The van der Waals surface area contributed by atoms with Crippen molar-refractivity contribution in [1.29, 1.82) is 5.26 Å². The van der Waals surface area contributed by atoms with E-state index in [-0.39, 0.29) is 55.5 Å². The number of carbonyl (C=O) groups is 2. The zero-order chi connectivity index (χ0) is 19.3. The first-order chi connectivity index (χ1) is 12.8. The van der Waals surface area contributed by atoms with Crippen LogP contribution in [-0.2, 0) is 9.53 Å². The van der Waals surface area contributed by atoms with Gasteiger partial charge in [-0.15, -0.1) is 0 Å². The molecule has 1 saturated carbocycles. The normalized spacial score (nSPS) is 34.0. The van der Waals surface area contributed by atoms with Crippen LogP contribution in [-0.4, -0.2) is 44.3 Å². The lowest BCUT2D eigenvalue weighted by Gasteiger charge is -2.40. The number of ether oxygens (including phenoxy) is 1. The second kappa shape index (κ2) is 6.18. The number of amides is 2. The van der Waals surface area contributed by atoms with Crippen LogP contribution in [0.1, 0.15) is 6.92 Å². The Kier molecular flexibility index (Phi) is 4.05. The molecule has 3 aliphatic rings. The third-order valence-corrected chi connectivity index (χ3v) is 5.63. The van der Waals surface area contributed by atoms with Crippen molar-refractivity contribution in [3.8, 4) is 6.07 Å². The minimum absolute atomic E-state index is 0.0324. The van der Waals surface area contributed by atoms with Gasteiger partial charge in [-0.2, -0.15) is 5.26 Å². The molecule has 1 aliphatic carbocycles. The maximum Gasteiger partial charge on any atom is 0.414 e. The van der Waals surface area contributed by atoms with Gasteiger partial charge < -0.3 is 19.9 Å². The largest absolute Gasteiger partial charge is 0.627 e. The Morgan fingerprint density at radius 2 is 2.19 bits per heavy atom. The van der Waals surface area contributed by atoms with Crippen molar-refractivity contribution < 1.29 is 18.7 Å². The summed E-state index contributed by atoms with van der Waals surface area (Å²) in [6.07, 6.45) is -1.14. The number of hydrogen-bond donors (Lipinski definition) is 1. The molecule has 5 atom stereocenters. The molecule has 2 aliphatic heterocycles. The van der Waals surface area contributed by atoms with Crippen LogP contribution in [0.25, 0.3) is 0 Å². The van der Waals surface area contributed by atoms with Crippen molar-refractivity contribution in [2.24, 2.45) is 17.8 Å². The minimum Gasteiger partial charge on any atom is -0.627 e. The van der Waals surface area contributed by atoms with Gasteiger partial charge in [0.05, 0.1) is 43.9 Å². The van der Waals surface area contributed by atoms with Crippen molar-refractivity contribution >= 4 is 23.4 Å². The number of hydrogen-bond acceptors (Lipinski definition) is 5. The molecule has 0 radical (unpaired) electrons. The van der Waals surface area contributed by atoms with Crippen LogP contribution in [0.15, 0.2) is 18.2 Å². The Labute approximate surface area is 155 Å². The number of benzene rings is 1. The van der Waals surface area contributed by atoms with Crippen LogP contribution in [0.4, 0.5) is 20.6 Å². The molecular formula is C18H19FN4O4. The zero-order valence-electron chi connectivity index (χ0n) is 14.7. The minimum atomic E-state index is -0.769. The Bertz CT molecular complexity index is 842. The van der Waals surface area contributed by atoms with E-state index in [0.29, 0.717) is 5.69 Å². The summed E-state index contributed by atoms with van der Waals surface area (Å²) in [4.78, 5) is 24.3. The molecule has 0 aromatic heterocycles. The van der Waals surface area contributed by atoms with Gasteiger partial charge in [-0.1, -0.05) is 0 Å². The molecule has 2 amide bonds. The number of rotatable bonds is 4. The van der Waals surface area contributed by atoms with Crippen LogP contribution in [0, 0.1) is 40.1 Å². The molecule has 142 valence electrons. The molecule has 2 saturated heterocycles. The first-order valence-electron chi connectivity index (χ1n) is 8.83. The molecule has 1 aromatic carbocycles. The number of fused-ring (bicyclic) bond motifs is 1. The highest BCUT2D eigenvalue weighted by atomic mass is 19.1. The van der Waals surface area contributed by atoms with E-state index in [2.05, 4.69) is 11.4 Å². The van der Waals surface area contributed by atoms with Gasteiger partial charge in [0.25, 0.3) is 0 Å². The van der Waals surface area contributed by atoms with Gasteiger partial charge in [0.2, 0.25) is 5.91 Å². The summed E-state index contributed by atoms with van der Waals surface area (Å²) in [6.45, 7) is 2.16. The number of carbonyl (C=O) groups excluding carboxylic acids is 2. The molecule has 2 unspecified atom stereocenters. The predicted octanol–water partition coefficient (Wildman–Crippen LogP) is 1.49. The molecule has 9 heteroatoms. The third-order valence-electron chi connectivity index (χ3n) is 5.63. The van der Waals surface area contributed by atoms with E-state index >= 15 is 0 Å². The van der Waals surface area contributed by atoms with Crippen molar-refractivity contribution in [2.75, 3.05) is 31.1 Å². The Morgan fingerprint density at radius 1 is 1.48 bits per heavy atom. The van der Waals surface area contributed by atoms with Crippen molar-refractivity contribution in [3.63, 3.8) is 0 Å². The SMILES string of the molecule is CC(=O)NC[C@H]1CN(c2ccc([N+]3([O-])C[C@@H]4C(C#N)[C@@H]4C3)c(F)c2)C(=O)O1. The van der Waals surface area contributed by atoms with Crippen LogP contribution >= 0.6 is 0 Å². The maximum absolute atomic E-state index is 14.7. The van der Waals surface area contributed by atoms with Crippen molar-refractivity contribution in [2.45, 2.75) is 13.0 Å². The smallest absolute Gasteiger partial charge is 0.414 e. The lowest BCUT2D eigenvalue weighted by Crippen LogP contribution is -2.43. The van der Waals surface area contributed by atoms with Crippen LogP contribution < -0.4 is 14.9 Å². The molecule has 3 fully saturated rings. The van der Waals surface area contributed by atoms with E-state index in [1.165, 1.54) is 30.0 Å². The number of quaternary nitrogens is 1. The lowest BCUT2D eigenvalue weighted by atomic mass is 10.2. The molecule has 0 bridgehead atoms. The fourth-order valence-electron chi connectivity index (χ4n) is 4.18. The van der Waals surface area contributed by atoms with Crippen LogP contribution in [0.5, 0.6) is 0 Å². The summed E-state index contributed by atoms with van der Waals surface area (Å²) in [6, 6.07) is 6.30. The monoisotopic (exact) mass is 374 g/mol. The summed E-state index contributed by atoms with van der Waals surface area (Å²) in [5.74, 6) is -0.876. The average Bonchev–Trinajstić information content (AvgIpc) is 2.93. The summed E-state index contributed by atoms with van der Waals surface area (Å²) >= 11 is 0. The second-order valence-corrected chi connectivity index (χ2v) is 7.43. The molecule has 8 nitrogen and oxygen atoms in total. The van der Waals surface area contributed by atoms with Crippen molar-refractivity contribution in [1.82, 2.24) is 9.96 Å². The van der Waals surface area contributed by atoms with Crippen LogP contribution in [0.2, 0.25) is 0 Å². The summed E-state index contributed by atoms with van der Waals surface area (Å²) < 4.78 is 19.1. The Balaban J connectivity index is 1.47. The fourth-order valence-corrected chi connectivity index (χ4v) is 4.18. The standard InChI is InChI=1S/C18H19FN4O4/c1-10(24)21-6-12-7-22(18(25)27-12)11-2-3-17(16(19)4-11)23(26)8-14-13(5-20)15(14)9-23/h2-4,12-15H,6-9H2,1H3,(H,21,24)/t12-,13?,14-,15+,23?/m0/s1. The molecule has 0 spiro atoms. The number of cyclic esters (lactones) is 1. The quantitative estimate of drug-likeness (QED) is 0.635. The van der Waals surface area contributed by atoms with Gasteiger partial charge in [0.15, 0.2) is 11.5 Å². The molecule has 1 N–H and O–H groups in total. The molecular weight excluding hydrogens is 355 g/mol. The van der Waals surface area contributed by atoms with Gasteiger partial charge >= 0.3 is 6.09 Å². The van der Waals surface area contributed by atoms with Crippen molar-refractivity contribution in [3.05, 3.63) is 29.2 Å². The van der Waals surface area contributed by atoms with Gasteiger partial charge in [0, 0.05) is 30.9 Å². The highest BCUT2D eigenvalue weighted by molar-refractivity contribution is 5.90. The first-order valence-corrected chi connectivity index (χ1v) is 8.83. The number of nitriles is 1. The Hall–Kier alpha value is -2.70. The van der Waals surface area contributed by atoms with E-state index in [1.54, 1.807) is 0 Å². The van der Waals surface area contributed by atoms with E-state index in [1.807, 2.05) is 0 Å². The molecule has 4 rings (SSSR count). The number of piperidine rings is 1. The van der Waals surface area contributed by atoms with E-state index in [9.17, 15) is 19.2 Å². The number of nitrogens with one attached hydrogen (secondary N) is 1. The molecule has 27 heavy (non-hydrogen) atoms. The molecule has 1 aromatic rings. The average molecular weight is 374 g/mol. The lowest BCUT2D eigenvalue weighted by molar-refractivity contribution is -0.119. The maximum atomic E-state index is 14.7. The summed E-state index contributed by atoms with van der Waals surface area (Å²) in [7, 11) is 0. The predicted molar refractivity (Wildman–Crippen MR) is 93.7 cm³/mol. The number of anilines is 1. The van der Waals surface area contributed by atoms with E-state index < -0.39 is 22.7 Å². The highest BCUT2D eigenvalue weighted by Crippen LogP contribution is 2.55. The highest BCUT2D eigenvalue weighted by Gasteiger charge is 2.62. The summed E-state index contributed by atoms with van der Waals surface area (Å²) in [5, 5.41) is 24.5. The van der Waals surface area contributed by atoms with Crippen LogP contribution in [0.3, 0.4) is 0 Å².